The lowest BCUT2D eigenvalue weighted by atomic mass is 10.0. The molecule has 2 heterocycles. The molecule has 3 heteroatoms. The fraction of sp³-hybridized carbons (Fsp3) is 0.0667. The maximum Gasteiger partial charge on any atom is 0.106 e. The SMILES string of the molecule is OC(c1cccnc1)c1ccc2cccnc2c1. The van der Waals surface area contributed by atoms with Gasteiger partial charge in [-0.2, -0.15) is 0 Å². The van der Waals surface area contributed by atoms with E-state index in [1.54, 1.807) is 18.6 Å². The van der Waals surface area contributed by atoms with Crippen LogP contribution >= 0.6 is 0 Å². The molecule has 3 nitrogen and oxygen atoms in total. The molecule has 1 aromatic carbocycles. The predicted octanol–water partition coefficient (Wildman–Crippen LogP) is 2.71. The molecule has 0 saturated heterocycles. The fourth-order valence-corrected chi connectivity index (χ4v) is 1.98. The third-order valence-corrected chi connectivity index (χ3v) is 2.95. The van der Waals surface area contributed by atoms with E-state index in [1.165, 1.54) is 0 Å². The summed E-state index contributed by atoms with van der Waals surface area (Å²) >= 11 is 0. The van der Waals surface area contributed by atoms with Crippen LogP contribution in [0.4, 0.5) is 0 Å². The van der Waals surface area contributed by atoms with Crippen LogP contribution in [0.1, 0.15) is 17.2 Å². The number of rotatable bonds is 2. The summed E-state index contributed by atoms with van der Waals surface area (Å²) in [5.41, 5.74) is 2.50. The fourth-order valence-electron chi connectivity index (χ4n) is 1.98. The molecule has 18 heavy (non-hydrogen) atoms. The molecule has 3 aromatic rings. The van der Waals surface area contributed by atoms with Gasteiger partial charge in [0.05, 0.1) is 5.52 Å². The highest BCUT2D eigenvalue weighted by Gasteiger charge is 2.10. The van der Waals surface area contributed by atoms with Gasteiger partial charge in [-0.25, -0.2) is 0 Å². The second-order valence-electron chi connectivity index (χ2n) is 4.14. The average Bonchev–Trinajstić information content (AvgIpc) is 2.47. The van der Waals surface area contributed by atoms with Crippen molar-refractivity contribution in [2.24, 2.45) is 0 Å². The first-order valence-corrected chi connectivity index (χ1v) is 5.77. The highest BCUT2D eigenvalue weighted by Crippen LogP contribution is 2.23. The minimum absolute atomic E-state index is 0.662. The number of pyridine rings is 2. The van der Waals surface area contributed by atoms with E-state index in [0.717, 1.165) is 22.0 Å². The zero-order valence-corrected chi connectivity index (χ0v) is 9.69. The zero-order valence-electron chi connectivity index (χ0n) is 9.69. The number of fused-ring (bicyclic) bond motifs is 1. The largest absolute Gasteiger partial charge is 0.384 e. The Labute approximate surface area is 105 Å². The van der Waals surface area contributed by atoms with Crippen molar-refractivity contribution in [3.8, 4) is 0 Å². The highest BCUT2D eigenvalue weighted by molar-refractivity contribution is 5.79. The number of hydrogen-bond donors (Lipinski definition) is 1. The van der Waals surface area contributed by atoms with Gasteiger partial charge in [0, 0.05) is 29.5 Å². The lowest BCUT2D eigenvalue weighted by molar-refractivity contribution is 0.220. The molecule has 3 rings (SSSR count). The van der Waals surface area contributed by atoms with E-state index in [2.05, 4.69) is 9.97 Å². The number of hydrogen-bond acceptors (Lipinski definition) is 3. The number of nitrogens with zero attached hydrogens (tertiary/aromatic N) is 2. The van der Waals surface area contributed by atoms with E-state index in [-0.39, 0.29) is 0 Å². The zero-order chi connectivity index (χ0) is 12.4. The third kappa shape index (κ3) is 1.96. The molecule has 0 aliphatic carbocycles. The molecule has 0 bridgehead atoms. The van der Waals surface area contributed by atoms with Gasteiger partial charge >= 0.3 is 0 Å². The second-order valence-corrected chi connectivity index (χ2v) is 4.14. The first-order valence-electron chi connectivity index (χ1n) is 5.77. The quantitative estimate of drug-likeness (QED) is 0.744. The molecule has 0 spiro atoms. The van der Waals surface area contributed by atoms with Gasteiger partial charge in [-0.15, -0.1) is 0 Å². The normalized spacial score (nSPS) is 12.5. The Kier molecular flexibility index (Phi) is 2.74. The summed E-state index contributed by atoms with van der Waals surface area (Å²) < 4.78 is 0. The van der Waals surface area contributed by atoms with Gasteiger partial charge in [-0.05, 0) is 23.8 Å². The van der Waals surface area contributed by atoms with Crippen molar-refractivity contribution < 1.29 is 5.11 Å². The number of benzene rings is 1. The van der Waals surface area contributed by atoms with E-state index >= 15 is 0 Å². The van der Waals surface area contributed by atoms with E-state index in [4.69, 9.17) is 0 Å². The maximum absolute atomic E-state index is 10.3. The number of aromatic nitrogens is 2. The van der Waals surface area contributed by atoms with Crippen LogP contribution < -0.4 is 0 Å². The molecule has 0 saturated carbocycles. The lowest BCUT2D eigenvalue weighted by Gasteiger charge is -2.11. The summed E-state index contributed by atoms with van der Waals surface area (Å²) in [6, 6.07) is 13.4. The van der Waals surface area contributed by atoms with Gasteiger partial charge in [0.15, 0.2) is 0 Å². The summed E-state index contributed by atoms with van der Waals surface area (Å²) in [4.78, 5) is 8.31. The standard InChI is InChI=1S/C15H12N2O/c18-15(13-4-1-7-16-10-13)12-6-5-11-3-2-8-17-14(11)9-12/h1-10,15,18H. The molecule has 0 radical (unpaired) electrons. The van der Waals surface area contributed by atoms with E-state index < -0.39 is 6.10 Å². The number of aliphatic hydroxyl groups is 1. The lowest BCUT2D eigenvalue weighted by Crippen LogP contribution is -2.00. The molecule has 1 unspecified atom stereocenters. The van der Waals surface area contributed by atoms with Crippen LogP contribution in [0.5, 0.6) is 0 Å². The number of aliphatic hydroxyl groups excluding tert-OH is 1. The molecule has 88 valence electrons. The summed E-state index contributed by atoms with van der Waals surface area (Å²) in [6.07, 6.45) is 4.46. The highest BCUT2D eigenvalue weighted by atomic mass is 16.3. The Balaban J connectivity index is 2.04. The molecule has 0 aliphatic rings. The van der Waals surface area contributed by atoms with Gasteiger partial charge in [0.25, 0.3) is 0 Å². The monoisotopic (exact) mass is 236 g/mol. The van der Waals surface area contributed by atoms with Crippen LogP contribution in [0.25, 0.3) is 10.9 Å². The van der Waals surface area contributed by atoms with Gasteiger partial charge in [0.1, 0.15) is 6.10 Å². The van der Waals surface area contributed by atoms with Crippen molar-refractivity contribution in [2.45, 2.75) is 6.10 Å². The Morgan fingerprint density at radius 3 is 2.67 bits per heavy atom. The predicted molar refractivity (Wildman–Crippen MR) is 70.0 cm³/mol. The van der Waals surface area contributed by atoms with E-state index in [1.807, 2.05) is 42.5 Å². The van der Waals surface area contributed by atoms with Crippen LogP contribution in [-0.2, 0) is 0 Å². The van der Waals surface area contributed by atoms with Crippen LogP contribution in [0.3, 0.4) is 0 Å². The van der Waals surface area contributed by atoms with Gasteiger partial charge < -0.3 is 5.11 Å². The van der Waals surface area contributed by atoms with Crippen molar-refractivity contribution in [1.82, 2.24) is 9.97 Å². The Hall–Kier alpha value is -2.26. The molecule has 1 atom stereocenters. The Bertz CT molecular complexity index is 667. The first-order chi connectivity index (χ1) is 8.84. The minimum atomic E-state index is -0.662. The van der Waals surface area contributed by atoms with Gasteiger partial charge in [-0.1, -0.05) is 24.3 Å². The van der Waals surface area contributed by atoms with Crippen LogP contribution in [0.2, 0.25) is 0 Å². The maximum atomic E-state index is 10.3. The van der Waals surface area contributed by atoms with Gasteiger partial charge in [-0.3, -0.25) is 9.97 Å². The molecule has 0 aliphatic heterocycles. The van der Waals surface area contributed by atoms with E-state index in [9.17, 15) is 5.11 Å². The summed E-state index contributed by atoms with van der Waals surface area (Å²) in [7, 11) is 0. The second kappa shape index (κ2) is 4.55. The summed E-state index contributed by atoms with van der Waals surface area (Å²) in [5.74, 6) is 0. The van der Waals surface area contributed by atoms with Crippen LogP contribution in [0.15, 0.2) is 61.1 Å². The minimum Gasteiger partial charge on any atom is -0.384 e. The Morgan fingerprint density at radius 1 is 0.944 bits per heavy atom. The smallest absolute Gasteiger partial charge is 0.106 e. The average molecular weight is 236 g/mol. The van der Waals surface area contributed by atoms with Crippen molar-refractivity contribution in [1.29, 1.82) is 0 Å². The molecule has 1 N–H and O–H groups in total. The Morgan fingerprint density at radius 2 is 1.83 bits per heavy atom. The molecular weight excluding hydrogens is 224 g/mol. The third-order valence-electron chi connectivity index (χ3n) is 2.95. The van der Waals surface area contributed by atoms with E-state index in [0.29, 0.717) is 0 Å². The van der Waals surface area contributed by atoms with Crippen molar-refractivity contribution in [3.63, 3.8) is 0 Å². The molecule has 0 fully saturated rings. The van der Waals surface area contributed by atoms with Crippen LogP contribution in [-0.4, -0.2) is 15.1 Å². The van der Waals surface area contributed by atoms with Crippen molar-refractivity contribution >= 4 is 10.9 Å². The first kappa shape index (κ1) is 10.9. The summed E-state index contributed by atoms with van der Waals surface area (Å²) in [6.45, 7) is 0. The molecule has 0 amide bonds. The van der Waals surface area contributed by atoms with Crippen molar-refractivity contribution in [2.75, 3.05) is 0 Å². The summed E-state index contributed by atoms with van der Waals surface area (Å²) in [5, 5.41) is 11.4. The van der Waals surface area contributed by atoms with Crippen molar-refractivity contribution in [3.05, 3.63) is 72.2 Å². The van der Waals surface area contributed by atoms with Gasteiger partial charge in [0.2, 0.25) is 0 Å². The topological polar surface area (TPSA) is 46.0 Å². The molecule has 2 aromatic heterocycles. The van der Waals surface area contributed by atoms with Crippen LogP contribution in [0, 0.1) is 0 Å². The molecular formula is C15H12N2O.